The van der Waals surface area contributed by atoms with Crippen molar-refractivity contribution in [2.45, 2.75) is 13.3 Å². The number of nitrogens with zero attached hydrogens (tertiary/aromatic N) is 1. The van der Waals surface area contributed by atoms with Crippen LogP contribution in [0.25, 0.3) is 0 Å². The highest BCUT2D eigenvalue weighted by Crippen LogP contribution is 2.21. The number of aryl methyl sites for hydroxylation is 1. The summed E-state index contributed by atoms with van der Waals surface area (Å²) in [5.74, 6) is -0.965. The van der Waals surface area contributed by atoms with Crippen LogP contribution in [0.3, 0.4) is 0 Å². The van der Waals surface area contributed by atoms with Crippen LogP contribution in [-0.2, 0) is 6.42 Å². The molecule has 0 radical (unpaired) electrons. The van der Waals surface area contributed by atoms with Crippen LogP contribution in [-0.4, -0.2) is 5.91 Å². The number of carbonyl (C=O) groups excluding carboxylic acids is 1. The van der Waals surface area contributed by atoms with Crippen LogP contribution in [0.2, 0.25) is 0 Å². The number of nitrogens with one attached hydrogen (secondary N) is 1. The molecular weight excluding hydrogens is 263 g/mol. The van der Waals surface area contributed by atoms with Gasteiger partial charge in [-0.05, 0) is 30.7 Å². The maximum Gasteiger partial charge on any atom is 0.265 e. The Morgan fingerprint density at radius 3 is 2.84 bits per heavy atom. The first-order chi connectivity index (χ1) is 9.15. The van der Waals surface area contributed by atoms with Crippen LogP contribution in [0.15, 0.2) is 30.3 Å². The van der Waals surface area contributed by atoms with Gasteiger partial charge in [-0.15, -0.1) is 11.3 Å². The predicted octanol–water partition coefficient (Wildman–Crippen LogP) is 3.57. The fourth-order valence-corrected chi connectivity index (χ4v) is 2.46. The number of rotatable bonds is 3. The SMILES string of the molecule is CCc1ccc(C(=O)Nc2cccc(F)c2C#N)s1. The molecule has 0 aliphatic carbocycles. The standard InChI is InChI=1S/C14H11FN2OS/c1-2-9-6-7-13(19-9)14(18)17-12-5-3-4-11(15)10(12)8-16/h3-7H,2H2,1H3,(H,17,18). The number of hydrogen-bond acceptors (Lipinski definition) is 3. The Labute approximate surface area is 114 Å². The van der Waals surface area contributed by atoms with Crippen LogP contribution in [0.5, 0.6) is 0 Å². The molecule has 96 valence electrons. The molecule has 19 heavy (non-hydrogen) atoms. The van der Waals surface area contributed by atoms with E-state index < -0.39 is 5.82 Å². The van der Waals surface area contributed by atoms with Crippen LogP contribution in [0, 0.1) is 17.1 Å². The first-order valence-corrected chi connectivity index (χ1v) is 6.56. The third-order valence-corrected chi connectivity index (χ3v) is 3.84. The summed E-state index contributed by atoms with van der Waals surface area (Å²) in [7, 11) is 0. The lowest BCUT2D eigenvalue weighted by atomic mass is 10.2. The smallest absolute Gasteiger partial charge is 0.265 e. The Morgan fingerprint density at radius 2 is 2.21 bits per heavy atom. The Balaban J connectivity index is 2.24. The van der Waals surface area contributed by atoms with Crippen LogP contribution < -0.4 is 5.32 Å². The Hall–Kier alpha value is -2.19. The average molecular weight is 274 g/mol. The molecule has 1 aromatic heterocycles. The molecule has 0 unspecified atom stereocenters. The predicted molar refractivity (Wildman–Crippen MR) is 72.8 cm³/mol. The van der Waals surface area contributed by atoms with Gasteiger partial charge in [-0.3, -0.25) is 4.79 Å². The molecule has 3 nitrogen and oxygen atoms in total. The minimum Gasteiger partial charge on any atom is -0.320 e. The molecule has 0 atom stereocenters. The van der Waals surface area contributed by atoms with Crippen molar-refractivity contribution in [1.29, 1.82) is 5.26 Å². The van der Waals surface area contributed by atoms with Gasteiger partial charge in [-0.2, -0.15) is 5.26 Å². The van der Waals surface area contributed by atoms with Crippen molar-refractivity contribution in [3.05, 3.63) is 51.5 Å². The molecule has 2 rings (SSSR count). The maximum absolute atomic E-state index is 13.4. The Kier molecular flexibility index (Phi) is 3.93. The molecule has 1 amide bonds. The van der Waals surface area contributed by atoms with E-state index in [1.807, 2.05) is 13.0 Å². The normalized spacial score (nSPS) is 9.95. The Bertz CT molecular complexity index is 658. The van der Waals surface area contributed by atoms with E-state index in [4.69, 9.17) is 5.26 Å². The van der Waals surface area contributed by atoms with Crippen LogP contribution in [0.4, 0.5) is 10.1 Å². The molecule has 1 aromatic carbocycles. The molecule has 1 N–H and O–H groups in total. The molecule has 0 fully saturated rings. The van der Waals surface area contributed by atoms with Gasteiger partial charge >= 0.3 is 0 Å². The number of anilines is 1. The minimum atomic E-state index is -0.638. The summed E-state index contributed by atoms with van der Waals surface area (Å²) in [5, 5.41) is 11.5. The van der Waals surface area contributed by atoms with E-state index in [1.54, 1.807) is 12.1 Å². The number of halogens is 1. The summed E-state index contributed by atoms with van der Waals surface area (Å²) in [6, 6.07) is 9.52. The van der Waals surface area contributed by atoms with Gasteiger partial charge < -0.3 is 5.32 Å². The van der Waals surface area contributed by atoms with E-state index in [9.17, 15) is 9.18 Å². The van der Waals surface area contributed by atoms with Crippen molar-refractivity contribution < 1.29 is 9.18 Å². The number of hydrogen-bond donors (Lipinski definition) is 1. The lowest BCUT2D eigenvalue weighted by Gasteiger charge is -2.05. The van der Waals surface area contributed by atoms with Gasteiger partial charge in [0.2, 0.25) is 0 Å². The number of carbonyl (C=O) groups is 1. The summed E-state index contributed by atoms with van der Waals surface area (Å²) < 4.78 is 13.4. The molecule has 0 saturated heterocycles. The van der Waals surface area contributed by atoms with Crippen molar-refractivity contribution in [1.82, 2.24) is 0 Å². The molecule has 0 bridgehead atoms. The average Bonchev–Trinajstić information content (AvgIpc) is 2.88. The molecule has 2 aromatic rings. The highest BCUT2D eigenvalue weighted by Gasteiger charge is 2.13. The maximum atomic E-state index is 13.4. The van der Waals surface area contributed by atoms with E-state index in [1.165, 1.54) is 29.5 Å². The molecule has 0 saturated carbocycles. The summed E-state index contributed by atoms with van der Waals surface area (Å²) >= 11 is 1.39. The van der Waals surface area contributed by atoms with E-state index in [-0.39, 0.29) is 17.2 Å². The third-order valence-electron chi connectivity index (χ3n) is 2.61. The van der Waals surface area contributed by atoms with Crippen LogP contribution in [0.1, 0.15) is 27.0 Å². The topological polar surface area (TPSA) is 52.9 Å². The number of benzene rings is 1. The lowest BCUT2D eigenvalue weighted by molar-refractivity contribution is 0.103. The fraction of sp³-hybridized carbons (Fsp3) is 0.143. The van der Waals surface area contributed by atoms with Crippen molar-refractivity contribution in [3.63, 3.8) is 0 Å². The second-order valence-corrected chi connectivity index (χ2v) is 5.02. The summed E-state index contributed by atoms with van der Waals surface area (Å²) in [6.45, 7) is 2.01. The molecule has 0 aliphatic heterocycles. The fourth-order valence-electron chi connectivity index (χ4n) is 1.62. The van der Waals surface area contributed by atoms with Gasteiger partial charge in [0, 0.05) is 4.88 Å². The van der Waals surface area contributed by atoms with Gasteiger partial charge in [0.15, 0.2) is 0 Å². The van der Waals surface area contributed by atoms with Crippen molar-refractivity contribution in [2.24, 2.45) is 0 Å². The van der Waals surface area contributed by atoms with E-state index in [0.29, 0.717) is 4.88 Å². The van der Waals surface area contributed by atoms with Crippen LogP contribution >= 0.6 is 11.3 Å². The minimum absolute atomic E-state index is 0.150. The number of thiophene rings is 1. The van der Waals surface area contributed by atoms with Gasteiger partial charge in [-0.1, -0.05) is 13.0 Å². The molecule has 0 aliphatic rings. The summed E-state index contributed by atoms with van der Waals surface area (Å²) in [6.07, 6.45) is 0.862. The highest BCUT2D eigenvalue weighted by atomic mass is 32.1. The van der Waals surface area contributed by atoms with Crippen molar-refractivity contribution in [3.8, 4) is 6.07 Å². The summed E-state index contributed by atoms with van der Waals surface area (Å²) in [4.78, 5) is 13.6. The molecule has 1 heterocycles. The van der Waals surface area contributed by atoms with Crippen molar-refractivity contribution >= 4 is 22.9 Å². The van der Waals surface area contributed by atoms with Gasteiger partial charge in [0.25, 0.3) is 5.91 Å². The monoisotopic (exact) mass is 274 g/mol. The number of nitriles is 1. The van der Waals surface area contributed by atoms with E-state index in [0.717, 1.165) is 11.3 Å². The molecule has 5 heteroatoms. The zero-order chi connectivity index (χ0) is 13.8. The van der Waals surface area contributed by atoms with Gasteiger partial charge in [0.1, 0.15) is 17.4 Å². The second kappa shape index (κ2) is 5.63. The highest BCUT2D eigenvalue weighted by molar-refractivity contribution is 7.14. The summed E-state index contributed by atoms with van der Waals surface area (Å²) in [5.41, 5.74) is 0.0436. The first-order valence-electron chi connectivity index (χ1n) is 5.74. The molecular formula is C14H11FN2OS. The van der Waals surface area contributed by atoms with Gasteiger partial charge in [-0.25, -0.2) is 4.39 Å². The van der Waals surface area contributed by atoms with Gasteiger partial charge in [0.05, 0.1) is 10.6 Å². The largest absolute Gasteiger partial charge is 0.320 e. The Morgan fingerprint density at radius 1 is 1.42 bits per heavy atom. The lowest BCUT2D eigenvalue weighted by Crippen LogP contribution is -2.11. The van der Waals surface area contributed by atoms with Crippen molar-refractivity contribution in [2.75, 3.05) is 5.32 Å². The second-order valence-electron chi connectivity index (χ2n) is 3.85. The number of amides is 1. The zero-order valence-corrected chi connectivity index (χ0v) is 11.1. The van der Waals surface area contributed by atoms with E-state index >= 15 is 0 Å². The molecule has 0 spiro atoms. The van der Waals surface area contributed by atoms with E-state index in [2.05, 4.69) is 5.32 Å². The zero-order valence-electron chi connectivity index (χ0n) is 10.2. The quantitative estimate of drug-likeness (QED) is 0.930. The first kappa shape index (κ1) is 13.2. The third kappa shape index (κ3) is 2.80.